The van der Waals surface area contributed by atoms with Crippen molar-refractivity contribution in [2.75, 3.05) is 19.8 Å². The molecule has 0 saturated heterocycles. The van der Waals surface area contributed by atoms with E-state index < -0.39 is 6.10 Å². The minimum atomic E-state index is -0.534. The second kappa shape index (κ2) is 47.2. The van der Waals surface area contributed by atoms with Crippen molar-refractivity contribution in [2.45, 2.75) is 245 Å². The molecule has 0 aromatic rings. The Kier molecular flexibility index (Phi) is 45.4. The average molecular weight is 785 g/mol. The van der Waals surface area contributed by atoms with Gasteiger partial charge in [-0.1, -0.05) is 217 Å². The third-order valence-corrected chi connectivity index (χ3v) is 10.4. The Balaban J connectivity index is 4.04. The standard InChI is InChI=1S/C51H92O5/c1-4-7-10-13-15-17-19-21-23-25-26-27-28-30-32-34-36-39-41-44-50(52)55-48-49(56-51(53)45-42-38-12-9-6-3)47-54-46-43-40-37-35-33-31-29-24-22-20-18-16-14-11-8-5-2/h7,10,15,17,21,23,26-27,49H,4-6,8-9,11-14,16,18-20,22,24-25,28-48H2,1-3H3/b10-7-,17-15-,23-21-,27-26-. The molecule has 0 aliphatic carbocycles. The van der Waals surface area contributed by atoms with Gasteiger partial charge in [-0.05, 0) is 57.8 Å². The molecule has 0 spiro atoms. The predicted octanol–water partition coefficient (Wildman–Crippen LogP) is 16.0. The number of allylic oxidation sites excluding steroid dienone is 8. The van der Waals surface area contributed by atoms with Crippen LogP contribution < -0.4 is 0 Å². The number of hydrogen-bond acceptors (Lipinski definition) is 5. The summed E-state index contributed by atoms with van der Waals surface area (Å²) in [6.07, 6.45) is 57.1. The molecule has 326 valence electrons. The van der Waals surface area contributed by atoms with E-state index in [0.717, 1.165) is 77.0 Å². The predicted molar refractivity (Wildman–Crippen MR) is 242 cm³/mol. The smallest absolute Gasteiger partial charge is 0.306 e. The summed E-state index contributed by atoms with van der Waals surface area (Å²) in [6, 6.07) is 0. The Labute approximate surface area is 348 Å². The zero-order valence-corrected chi connectivity index (χ0v) is 37.4. The van der Waals surface area contributed by atoms with Gasteiger partial charge in [0.1, 0.15) is 6.61 Å². The van der Waals surface area contributed by atoms with Crippen LogP contribution in [-0.4, -0.2) is 37.9 Å². The molecule has 5 nitrogen and oxygen atoms in total. The Hall–Kier alpha value is -2.14. The van der Waals surface area contributed by atoms with Gasteiger partial charge in [0.15, 0.2) is 6.10 Å². The minimum absolute atomic E-state index is 0.0800. The number of carbonyl (C=O) groups excluding carboxylic acids is 2. The van der Waals surface area contributed by atoms with Gasteiger partial charge in [0, 0.05) is 19.4 Å². The number of unbranched alkanes of at least 4 members (excludes halogenated alkanes) is 25. The fourth-order valence-corrected chi connectivity index (χ4v) is 6.80. The van der Waals surface area contributed by atoms with Gasteiger partial charge in [-0.2, -0.15) is 0 Å². The molecule has 0 aromatic heterocycles. The molecule has 0 radical (unpaired) electrons. The lowest BCUT2D eigenvalue weighted by Gasteiger charge is -2.18. The zero-order valence-electron chi connectivity index (χ0n) is 37.4. The summed E-state index contributed by atoms with van der Waals surface area (Å²) in [4.78, 5) is 25.1. The van der Waals surface area contributed by atoms with Crippen LogP contribution in [0.2, 0.25) is 0 Å². The lowest BCUT2D eigenvalue weighted by Crippen LogP contribution is -2.30. The molecule has 0 aliphatic rings. The maximum absolute atomic E-state index is 12.6. The second-order valence-corrected chi connectivity index (χ2v) is 16.0. The molecule has 0 N–H and O–H groups in total. The lowest BCUT2D eigenvalue weighted by molar-refractivity contribution is -0.163. The van der Waals surface area contributed by atoms with Crippen molar-refractivity contribution in [3.05, 3.63) is 48.6 Å². The molecule has 1 atom stereocenters. The van der Waals surface area contributed by atoms with Gasteiger partial charge >= 0.3 is 11.9 Å². The maximum Gasteiger partial charge on any atom is 0.306 e. The van der Waals surface area contributed by atoms with E-state index >= 15 is 0 Å². The van der Waals surface area contributed by atoms with Gasteiger partial charge in [-0.3, -0.25) is 9.59 Å². The van der Waals surface area contributed by atoms with Crippen LogP contribution in [0.15, 0.2) is 48.6 Å². The van der Waals surface area contributed by atoms with E-state index in [4.69, 9.17) is 14.2 Å². The number of ether oxygens (including phenoxy) is 3. The number of esters is 2. The van der Waals surface area contributed by atoms with Crippen LogP contribution in [0, 0.1) is 0 Å². The van der Waals surface area contributed by atoms with E-state index in [1.54, 1.807) is 0 Å². The number of hydrogen-bond donors (Lipinski definition) is 0. The summed E-state index contributed by atoms with van der Waals surface area (Å²) in [6.45, 7) is 7.66. The molecule has 0 heterocycles. The van der Waals surface area contributed by atoms with Gasteiger partial charge < -0.3 is 14.2 Å². The van der Waals surface area contributed by atoms with E-state index in [9.17, 15) is 9.59 Å². The van der Waals surface area contributed by atoms with Crippen LogP contribution in [0.4, 0.5) is 0 Å². The summed E-state index contributed by atoms with van der Waals surface area (Å²) in [5, 5.41) is 0. The third kappa shape index (κ3) is 44.6. The monoisotopic (exact) mass is 785 g/mol. The molecule has 56 heavy (non-hydrogen) atoms. The fraction of sp³-hybridized carbons (Fsp3) is 0.804. The van der Waals surface area contributed by atoms with Crippen molar-refractivity contribution in [1.29, 1.82) is 0 Å². The second-order valence-electron chi connectivity index (χ2n) is 16.0. The van der Waals surface area contributed by atoms with Crippen molar-refractivity contribution < 1.29 is 23.8 Å². The molecular weight excluding hydrogens is 693 g/mol. The van der Waals surface area contributed by atoms with Gasteiger partial charge in [-0.25, -0.2) is 0 Å². The van der Waals surface area contributed by atoms with Gasteiger partial charge in [-0.15, -0.1) is 0 Å². The van der Waals surface area contributed by atoms with Crippen molar-refractivity contribution in [3.63, 3.8) is 0 Å². The van der Waals surface area contributed by atoms with Gasteiger partial charge in [0.25, 0.3) is 0 Å². The zero-order chi connectivity index (χ0) is 40.7. The Morgan fingerprint density at radius 3 is 1.29 bits per heavy atom. The van der Waals surface area contributed by atoms with Crippen molar-refractivity contribution in [3.8, 4) is 0 Å². The first-order valence-corrected chi connectivity index (χ1v) is 24.2. The summed E-state index contributed by atoms with van der Waals surface area (Å²) in [5.41, 5.74) is 0. The summed E-state index contributed by atoms with van der Waals surface area (Å²) < 4.78 is 17.2. The van der Waals surface area contributed by atoms with Crippen LogP contribution >= 0.6 is 0 Å². The van der Waals surface area contributed by atoms with Gasteiger partial charge in [0.2, 0.25) is 0 Å². The quantitative estimate of drug-likeness (QED) is 0.0350. The Morgan fingerprint density at radius 2 is 0.804 bits per heavy atom. The van der Waals surface area contributed by atoms with Crippen LogP contribution in [0.1, 0.15) is 239 Å². The minimum Gasteiger partial charge on any atom is -0.462 e. The van der Waals surface area contributed by atoms with E-state index in [-0.39, 0.29) is 25.2 Å². The highest BCUT2D eigenvalue weighted by molar-refractivity contribution is 5.70. The van der Waals surface area contributed by atoms with Gasteiger partial charge in [0.05, 0.1) is 6.61 Å². The van der Waals surface area contributed by atoms with Crippen LogP contribution in [0.5, 0.6) is 0 Å². The fourth-order valence-electron chi connectivity index (χ4n) is 6.80. The normalized spacial score (nSPS) is 12.6. The van der Waals surface area contributed by atoms with Crippen LogP contribution in [0.3, 0.4) is 0 Å². The molecule has 0 amide bonds. The molecule has 0 bridgehead atoms. The topological polar surface area (TPSA) is 61.8 Å². The highest BCUT2D eigenvalue weighted by Gasteiger charge is 2.17. The van der Waals surface area contributed by atoms with Crippen LogP contribution in [0.25, 0.3) is 0 Å². The summed E-state index contributed by atoms with van der Waals surface area (Å²) in [7, 11) is 0. The molecule has 0 aromatic carbocycles. The molecule has 0 saturated carbocycles. The molecule has 0 rings (SSSR count). The average Bonchev–Trinajstić information content (AvgIpc) is 3.20. The summed E-state index contributed by atoms with van der Waals surface area (Å²) in [5.74, 6) is -0.418. The van der Waals surface area contributed by atoms with E-state index in [0.29, 0.717) is 19.4 Å². The van der Waals surface area contributed by atoms with Crippen molar-refractivity contribution in [2.24, 2.45) is 0 Å². The molecule has 1 unspecified atom stereocenters. The van der Waals surface area contributed by atoms with E-state index in [1.165, 1.54) is 128 Å². The van der Waals surface area contributed by atoms with Crippen molar-refractivity contribution in [1.82, 2.24) is 0 Å². The first-order chi connectivity index (χ1) is 27.6. The maximum atomic E-state index is 12.6. The number of rotatable bonds is 44. The first kappa shape index (κ1) is 53.9. The van der Waals surface area contributed by atoms with E-state index in [1.807, 2.05) is 0 Å². The highest BCUT2D eigenvalue weighted by atomic mass is 16.6. The lowest BCUT2D eigenvalue weighted by atomic mass is 10.0. The molecular formula is C51H92O5. The molecule has 0 fully saturated rings. The molecule has 5 heteroatoms. The molecule has 0 aliphatic heterocycles. The Bertz CT molecular complexity index is 935. The Morgan fingerprint density at radius 1 is 0.411 bits per heavy atom. The van der Waals surface area contributed by atoms with Crippen LogP contribution in [-0.2, 0) is 23.8 Å². The number of carbonyl (C=O) groups is 2. The third-order valence-electron chi connectivity index (χ3n) is 10.4. The largest absolute Gasteiger partial charge is 0.462 e. The SMILES string of the molecule is CC/C=C\C/C=C\C/C=C\C/C=C\CCCCCCCCC(=O)OCC(COCCCCCCCCCCCCCCCCCC)OC(=O)CCCCCCC. The highest BCUT2D eigenvalue weighted by Crippen LogP contribution is 2.15. The first-order valence-electron chi connectivity index (χ1n) is 24.2. The van der Waals surface area contributed by atoms with E-state index in [2.05, 4.69) is 69.4 Å². The van der Waals surface area contributed by atoms with Crippen molar-refractivity contribution >= 4 is 11.9 Å². The summed E-state index contributed by atoms with van der Waals surface area (Å²) >= 11 is 0.